The maximum Gasteiger partial charge on any atom is 0.255 e. The third-order valence-corrected chi connectivity index (χ3v) is 8.12. The minimum absolute atomic E-state index is 0.106. The molecule has 2 aromatic rings. The molecule has 3 aliphatic rings. The largest absolute Gasteiger partial charge is 0.369 e. The average Bonchev–Trinajstić information content (AvgIpc) is 3.20. The number of fused-ring (bicyclic) bond motifs is 1. The van der Waals surface area contributed by atoms with E-state index in [1.54, 1.807) is 11.0 Å². The minimum Gasteiger partial charge on any atom is -0.369 e. The van der Waals surface area contributed by atoms with E-state index in [4.69, 9.17) is 23.2 Å². The molecule has 1 unspecified atom stereocenters. The maximum absolute atomic E-state index is 13.0. The predicted molar refractivity (Wildman–Crippen MR) is 145 cm³/mol. The number of rotatable bonds is 8. The normalized spacial score (nSPS) is 20.4. The zero-order valence-electron chi connectivity index (χ0n) is 20.8. The zero-order valence-corrected chi connectivity index (χ0v) is 22.4. The Hall–Kier alpha value is -2.61. The van der Waals surface area contributed by atoms with Gasteiger partial charge in [-0.25, -0.2) is 0 Å². The molecule has 0 saturated carbocycles. The molecule has 0 spiro atoms. The lowest BCUT2D eigenvalue weighted by Crippen LogP contribution is -2.52. The van der Waals surface area contributed by atoms with E-state index in [0.717, 1.165) is 69.7 Å². The quantitative estimate of drug-likeness (QED) is 0.398. The second kappa shape index (κ2) is 11.4. The van der Waals surface area contributed by atoms with Crippen LogP contribution < -0.4 is 10.2 Å². The lowest BCUT2D eigenvalue weighted by molar-refractivity contribution is -0.136. The topological polar surface area (TPSA) is 73.0 Å². The van der Waals surface area contributed by atoms with Crippen molar-refractivity contribution in [1.82, 2.24) is 15.1 Å². The summed E-state index contributed by atoms with van der Waals surface area (Å²) in [4.78, 5) is 43.3. The molecule has 0 aromatic heterocycles. The number of piperidine rings is 1. The van der Waals surface area contributed by atoms with Gasteiger partial charge < -0.3 is 9.80 Å². The summed E-state index contributed by atoms with van der Waals surface area (Å²) < 4.78 is 0. The number of imide groups is 1. The van der Waals surface area contributed by atoms with Gasteiger partial charge in [0.15, 0.2) is 0 Å². The molecule has 9 heteroatoms. The number of piperazine rings is 1. The van der Waals surface area contributed by atoms with Crippen molar-refractivity contribution in [2.75, 3.05) is 37.6 Å². The van der Waals surface area contributed by atoms with Crippen molar-refractivity contribution >= 4 is 46.6 Å². The third-order valence-electron chi connectivity index (χ3n) is 7.68. The number of nitrogens with one attached hydrogen (secondary N) is 1. The molecule has 2 aromatic carbocycles. The van der Waals surface area contributed by atoms with Gasteiger partial charge in [0, 0.05) is 60.4 Å². The highest BCUT2D eigenvalue weighted by atomic mass is 35.5. The van der Waals surface area contributed by atoms with E-state index < -0.39 is 6.04 Å². The fraction of sp³-hybridized carbons (Fsp3) is 0.464. The van der Waals surface area contributed by atoms with Crippen LogP contribution in [0.3, 0.4) is 0 Å². The van der Waals surface area contributed by atoms with Crippen LogP contribution in [0, 0.1) is 0 Å². The number of benzene rings is 2. The minimum atomic E-state index is -0.568. The van der Waals surface area contributed by atoms with Crippen LogP contribution in [0.25, 0.3) is 0 Å². The van der Waals surface area contributed by atoms with E-state index in [0.29, 0.717) is 28.6 Å². The molecule has 5 rings (SSSR count). The Morgan fingerprint density at radius 3 is 2.41 bits per heavy atom. The number of nitrogens with zero attached hydrogens (tertiary/aromatic N) is 3. The summed E-state index contributed by atoms with van der Waals surface area (Å²) in [5.74, 6) is -0.735. The smallest absolute Gasteiger partial charge is 0.255 e. The Morgan fingerprint density at radius 2 is 1.68 bits per heavy atom. The molecule has 3 amide bonds. The summed E-state index contributed by atoms with van der Waals surface area (Å²) in [6.45, 7) is 5.50. The van der Waals surface area contributed by atoms with Crippen LogP contribution >= 0.6 is 23.2 Å². The summed E-state index contributed by atoms with van der Waals surface area (Å²) >= 11 is 12.3. The van der Waals surface area contributed by atoms with Gasteiger partial charge in [0.25, 0.3) is 5.91 Å². The molecular weight excluding hydrogens is 511 g/mol. The molecule has 2 fully saturated rings. The molecule has 2 saturated heterocycles. The number of halogens is 2. The third kappa shape index (κ3) is 5.95. The molecule has 3 aliphatic heterocycles. The van der Waals surface area contributed by atoms with Crippen molar-refractivity contribution in [3.8, 4) is 0 Å². The van der Waals surface area contributed by atoms with Crippen LogP contribution in [0.4, 0.5) is 5.69 Å². The Balaban J connectivity index is 1.07. The molecular formula is C28H32Cl2N4O3. The van der Waals surface area contributed by atoms with E-state index in [1.807, 2.05) is 24.3 Å². The van der Waals surface area contributed by atoms with E-state index in [-0.39, 0.29) is 24.1 Å². The van der Waals surface area contributed by atoms with Gasteiger partial charge in [-0.1, -0.05) is 41.8 Å². The van der Waals surface area contributed by atoms with Crippen molar-refractivity contribution in [3.05, 3.63) is 63.1 Å². The number of carbonyl (C=O) groups excluding carboxylic acids is 3. The average molecular weight is 543 g/mol. The monoisotopic (exact) mass is 542 g/mol. The van der Waals surface area contributed by atoms with Crippen LogP contribution in [0.1, 0.15) is 53.6 Å². The van der Waals surface area contributed by atoms with Gasteiger partial charge in [-0.15, -0.1) is 0 Å². The summed E-state index contributed by atoms with van der Waals surface area (Å²) in [5, 5.41) is 3.71. The highest BCUT2D eigenvalue weighted by Gasteiger charge is 2.39. The van der Waals surface area contributed by atoms with Crippen molar-refractivity contribution in [2.45, 2.75) is 51.1 Å². The molecule has 196 valence electrons. The predicted octanol–water partition coefficient (Wildman–Crippen LogP) is 4.29. The molecule has 37 heavy (non-hydrogen) atoms. The van der Waals surface area contributed by atoms with E-state index in [1.165, 1.54) is 5.56 Å². The summed E-state index contributed by atoms with van der Waals surface area (Å²) in [7, 11) is 0. The molecule has 1 atom stereocenters. The molecule has 1 N–H and O–H groups in total. The van der Waals surface area contributed by atoms with E-state index in [2.05, 4.69) is 21.2 Å². The van der Waals surface area contributed by atoms with Crippen molar-refractivity contribution in [2.24, 2.45) is 0 Å². The molecule has 0 radical (unpaired) electrons. The number of hydrogen-bond donors (Lipinski definition) is 1. The number of hydrogen-bond acceptors (Lipinski definition) is 5. The highest BCUT2D eigenvalue weighted by molar-refractivity contribution is 6.35. The fourth-order valence-electron chi connectivity index (χ4n) is 5.66. The van der Waals surface area contributed by atoms with Gasteiger partial charge in [0.2, 0.25) is 11.8 Å². The van der Waals surface area contributed by atoms with Crippen LogP contribution in [-0.4, -0.2) is 66.3 Å². The van der Waals surface area contributed by atoms with Gasteiger partial charge in [-0.3, -0.25) is 24.6 Å². The van der Waals surface area contributed by atoms with Crippen LogP contribution in [0.5, 0.6) is 0 Å². The second-order valence-corrected chi connectivity index (χ2v) is 11.0. The zero-order chi connectivity index (χ0) is 25.9. The SMILES string of the molecule is O=C1CCC(N2Cc3c(CCCCCN4CCN(c5cc(Cl)cc(Cl)c5)CC4)cccc3C2=O)C(=O)N1. The Kier molecular flexibility index (Phi) is 8.03. The number of aryl methyl sites for hydroxylation is 1. The van der Waals surface area contributed by atoms with Gasteiger partial charge in [0.05, 0.1) is 0 Å². The Labute approximate surface area is 227 Å². The maximum atomic E-state index is 13.0. The molecule has 0 bridgehead atoms. The summed E-state index contributed by atoms with van der Waals surface area (Å²) in [6.07, 6.45) is 4.90. The van der Waals surface area contributed by atoms with Gasteiger partial charge >= 0.3 is 0 Å². The van der Waals surface area contributed by atoms with E-state index in [9.17, 15) is 14.4 Å². The van der Waals surface area contributed by atoms with Gasteiger partial charge in [-0.2, -0.15) is 0 Å². The van der Waals surface area contributed by atoms with Crippen molar-refractivity contribution < 1.29 is 14.4 Å². The van der Waals surface area contributed by atoms with Crippen LogP contribution in [0.2, 0.25) is 10.0 Å². The first kappa shape index (κ1) is 26.0. The van der Waals surface area contributed by atoms with E-state index >= 15 is 0 Å². The first-order valence-corrected chi connectivity index (χ1v) is 13.8. The first-order chi connectivity index (χ1) is 17.9. The first-order valence-electron chi connectivity index (χ1n) is 13.1. The highest BCUT2D eigenvalue weighted by Crippen LogP contribution is 2.31. The van der Waals surface area contributed by atoms with Gasteiger partial charge in [0.1, 0.15) is 6.04 Å². The lowest BCUT2D eigenvalue weighted by Gasteiger charge is -2.36. The summed E-state index contributed by atoms with van der Waals surface area (Å²) in [6, 6.07) is 11.0. The number of unbranched alkanes of at least 4 members (excludes halogenated alkanes) is 2. The second-order valence-electron chi connectivity index (χ2n) is 10.1. The molecule has 0 aliphatic carbocycles. The Bertz CT molecular complexity index is 1180. The molecule has 3 heterocycles. The van der Waals surface area contributed by atoms with Crippen LogP contribution in [0.15, 0.2) is 36.4 Å². The standard InChI is InChI=1S/C28H32Cl2N4O3/c29-20-15-21(30)17-22(16-20)33-13-11-32(12-14-33)10-3-1-2-5-19-6-4-7-23-24(19)18-34(28(23)37)25-8-9-26(35)31-27(25)36/h4,6-7,15-17,25H,1-3,5,8-14,18H2,(H,31,35,36). The van der Waals surface area contributed by atoms with Gasteiger partial charge in [-0.05, 0) is 67.6 Å². The lowest BCUT2D eigenvalue weighted by atomic mass is 9.98. The number of amides is 3. The van der Waals surface area contributed by atoms with Crippen LogP contribution in [-0.2, 0) is 22.6 Å². The van der Waals surface area contributed by atoms with Crippen molar-refractivity contribution in [3.63, 3.8) is 0 Å². The fourth-order valence-corrected chi connectivity index (χ4v) is 6.18. The molecule has 7 nitrogen and oxygen atoms in total. The summed E-state index contributed by atoms with van der Waals surface area (Å²) in [5.41, 5.74) is 4.01. The number of anilines is 1. The van der Waals surface area contributed by atoms with Crippen molar-refractivity contribution in [1.29, 1.82) is 0 Å². The number of carbonyl (C=O) groups is 3. The Morgan fingerprint density at radius 1 is 0.919 bits per heavy atom.